The first kappa shape index (κ1) is 21.9. The van der Waals surface area contributed by atoms with E-state index in [1.54, 1.807) is 7.11 Å². The van der Waals surface area contributed by atoms with Crippen molar-refractivity contribution in [2.75, 3.05) is 13.7 Å². The van der Waals surface area contributed by atoms with Crippen LogP contribution >= 0.6 is 0 Å². The SMILES string of the molecule is C/C=C(/OC)c1cc(-c2cc[n+](CC)cc2)ccc1/C=N/CCCCCCC. The molecule has 0 amide bonds. The lowest BCUT2D eigenvalue weighted by Crippen LogP contribution is -2.30. The van der Waals surface area contributed by atoms with Crippen molar-refractivity contribution < 1.29 is 9.30 Å². The zero-order valence-corrected chi connectivity index (χ0v) is 17.9. The van der Waals surface area contributed by atoms with Gasteiger partial charge in [-0.15, -0.1) is 0 Å². The van der Waals surface area contributed by atoms with Crippen LogP contribution in [0.4, 0.5) is 0 Å². The van der Waals surface area contributed by atoms with Gasteiger partial charge in [-0.3, -0.25) is 4.99 Å². The summed E-state index contributed by atoms with van der Waals surface area (Å²) in [5.41, 5.74) is 4.58. The van der Waals surface area contributed by atoms with Gasteiger partial charge in [0.25, 0.3) is 0 Å². The van der Waals surface area contributed by atoms with Crippen LogP contribution in [0.5, 0.6) is 0 Å². The van der Waals surface area contributed by atoms with Gasteiger partial charge >= 0.3 is 0 Å². The molecule has 2 rings (SSSR count). The van der Waals surface area contributed by atoms with Gasteiger partial charge < -0.3 is 4.74 Å². The number of allylic oxidation sites excluding steroid dienone is 1. The number of benzene rings is 1. The van der Waals surface area contributed by atoms with E-state index in [1.165, 1.54) is 36.8 Å². The van der Waals surface area contributed by atoms with Crippen molar-refractivity contribution in [1.29, 1.82) is 0 Å². The molecule has 3 nitrogen and oxygen atoms in total. The molecule has 2 aromatic rings. The number of hydrogen-bond donors (Lipinski definition) is 0. The van der Waals surface area contributed by atoms with Gasteiger partial charge in [-0.05, 0) is 43.5 Å². The highest BCUT2D eigenvalue weighted by Gasteiger charge is 2.10. The maximum Gasteiger partial charge on any atom is 0.169 e. The monoisotopic (exact) mass is 379 g/mol. The Morgan fingerprint density at radius 1 is 1.00 bits per heavy atom. The third-order valence-corrected chi connectivity index (χ3v) is 5.01. The third-order valence-electron chi connectivity index (χ3n) is 5.01. The summed E-state index contributed by atoms with van der Waals surface area (Å²) in [5.74, 6) is 0.880. The summed E-state index contributed by atoms with van der Waals surface area (Å²) in [6.45, 7) is 8.26. The fraction of sp³-hybridized carbons (Fsp3) is 0.440. The minimum Gasteiger partial charge on any atom is -0.496 e. The van der Waals surface area contributed by atoms with Crippen LogP contribution in [0.1, 0.15) is 64.0 Å². The molecule has 0 N–H and O–H groups in total. The molecule has 0 fully saturated rings. The number of aliphatic imine (C=N–C) groups is 1. The van der Waals surface area contributed by atoms with E-state index in [1.807, 2.05) is 19.2 Å². The van der Waals surface area contributed by atoms with Crippen LogP contribution in [0.25, 0.3) is 16.9 Å². The van der Waals surface area contributed by atoms with Gasteiger partial charge in [0.2, 0.25) is 0 Å². The Bertz CT molecular complexity index is 776. The number of rotatable bonds is 11. The van der Waals surface area contributed by atoms with E-state index < -0.39 is 0 Å². The number of pyridine rings is 1. The minimum atomic E-state index is 0.880. The summed E-state index contributed by atoms with van der Waals surface area (Å²) in [7, 11) is 1.73. The van der Waals surface area contributed by atoms with E-state index >= 15 is 0 Å². The van der Waals surface area contributed by atoms with Gasteiger partial charge in [0.05, 0.1) is 7.11 Å². The molecule has 0 bridgehead atoms. The standard InChI is InChI=1S/C25H35N2O/c1-5-8-9-10-11-16-26-20-23-13-12-22(19-24(23)25(6-2)28-4)21-14-17-27(7-3)18-15-21/h6,12-15,17-20H,5,7-11,16H2,1-4H3/q+1/b25-6+,26-20+. The number of nitrogens with zero attached hydrogens (tertiary/aromatic N) is 2. The molecule has 0 aliphatic rings. The molecule has 0 saturated heterocycles. The van der Waals surface area contributed by atoms with E-state index in [0.717, 1.165) is 36.4 Å². The molecule has 0 saturated carbocycles. The summed E-state index contributed by atoms with van der Waals surface area (Å²) in [6, 6.07) is 10.8. The largest absolute Gasteiger partial charge is 0.496 e. The number of unbranched alkanes of at least 4 members (excludes halogenated alkanes) is 4. The Morgan fingerprint density at radius 3 is 2.39 bits per heavy atom. The average molecular weight is 380 g/mol. The fourth-order valence-corrected chi connectivity index (χ4v) is 3.28. The lowest BCUT2D eigenvalue weighted by molar-refractivity contribution is -0.693. The average Bonchev–Trinajstić information content (AvgIpc) is 2.74. The second kappa shape index (κ2) is 12.1. The predicted octanol–water partition coefficient (Wildman–Crippen LogP) is 6.06. The van der Waals surface area contributed by atoms with Crippen molar-refractivity contribution >= 4 is 12.0 Å². The Labute approximate surface area is 170 Å². The molecular weight excluding hydrogens is 344 g/mol. The van der Waals surface area contributed by atoms with Crippen LogP contribution in [0.3, 0.4) is 0 Å². The Balaban J connectivity index is 2.20. The molecule has 28 heavy (non-hydrogen) atoms. The topological polar surface area (TPSA) is 25.5 Å². The molecule has 0 radical (unpaired) electrons. The molecule has 1 aromatic heterocycles. The number of aromatic nitrogens is 1. The van der Waals surface area contributed by atoms with Crippen LogP contribution in [0.15, 0.2) is 53.8 Å². The van der Waals surface area contributed by atoms with E-state index in [2.05, 4.69) is 66.1 Å². The zero-order valence-electron chi connectivity index (χ0n) is 17.9. The summed E-state index contributed by atoms with van der Waals surface area (Å²) in [6.07, 6.45) is 14.6. The van der Waals surface area contributed by atoms with Crippen LogP contribution < -0.4 is 4.57 Å². The molecule has 150 valence electrons. The minimum absolute atomic E-state index is 0.880. The zero-order chi connectivity index (χ0) is 20.2. The number of aryl methyl sites for hydroxylation is 1. The molecule has 0 spiro atoms. The van der Waals surface area contributed by atoms with Crippen molar-refractivity contribution in [2.45, 2.75) is 59.4 Å². The predicted molar refractivity (Wildman–Crippen MR) is 120 cm³/mol. The molecule has 0 atom stereocenters. The summed E-state index contributed by atoms with van der Waals surface area (Å²) in [4.78, 5) is 4.66. The van der Waals surface area contributed by atoms with E-state index in [-0.39, 0.29) is 0 Å². The second-order valence-corrected chi connectivity index (χ2v) is 7.03. The molecule has 3 heteroatoms. The first-order valence-corrected chi connectivity index (χ1v) is 10.6. The first-order chi connectivity index (χ1) is 13.7. The number of ether oxygens (including phenoxy) is 1. The highest BCUT2D eigenvalue weighted by molar-refractivity contribution is 5.89. The molecule has 0 aliphatic heterocycles. The summed E-state index contributed by atoms with van der Waals surface area (Å²) in [5, 5.41) is 0. The highest BCUT2D eigenvalue weighted by atomic mass is 16.5. The van der Waals surface area contributed by atoms with Crippen molar-refractivity contribution in [2.24, 2.45) is 4.99 Å². The van der Waals surface area contributed by atoms with Crippen LogP contribution in [-0.2, 0) is 11.3 Å². The summed E-state index contributed by atoms with van der Waals surface area (Å²) >= 11 is 0. The van der Waals surface area contributed by atoms with Crippen LogP contribution in [-0.4, -0.2) is 19.9 Å². The maximum atomic E-state index is 5.62. The molecular formula is C25H35N2O+. The summed E-state index contributed by atoms with van der Waals surface area (Å²) < 4.78 is 7.79. The highest BCUT2D eigenvalue weighted by Crippen LogP contribution is 2.26. The lowest BCUT2D eigenvalue weighted by Gasteiger charge is -2.12. The first-order valence-electron chi connectivity index (χ1n) is 10.6. The van der Waals surface area contributed by atoms with Gasteiger partial charge in [0.15, 0.2) is 12.4 Å². The Hall–Kier alpha value is -2.42. The Kier molecular flexibility index (Phi) is 9.47. The van der Waals surface area contributed by atoms with Gasteiger partial charge in [-0.1, -0.05) is 44.7 Å². The van der Waals surface area contributed by atoms with E-state index in [0.29, 0.717) is 0 Å². The van der Waals surface area contributed by atoms with Crippen molar-refractivity contribution in [3.63, 3.8) is 0 Å². The van der Waals surface area contributed by atoms with E-state index in [9.17, 15) is 0 Å². The van der Waals surface area contributed by atoms with Crippen molar-refractivity contribution in [3.8, 4) is 11.1 Å². The fourth-order valence-electron chi connectivity index (χ4n) is 3.28. The molecule has 1 aromatic carbocycles. The quantitative estimate of drug-likeness (QED) is 0.202. The lowest BCUT2D eigenvalue weighted by atomic mass is 9.98. The third kappa shape index (κ3) is 6.33. The maximum absolute atomic E-state index is 5.62. The number of hydrogen-bond acceptors (Lipinski definition) is 2. The molecule has 1 heterocycles. The molecule has 0 unspecified atom stereocenters. The van der Waals surface area contributed by atoms with Gasteiger partial charge in [0, 0.05) is 36.0 Å². The van der Waals surface area contributed by atoms with Crippen LogP contribution in [0, 0.1) is 0 Å². The van der Waals surface area contributed by atoms with Gasteiger partial charge in [0.1, 0.15) is 12.3 Å². The van der Waals surface area contributed by atoms with Crippen LogP contribution in [0.2, 0.25) is 0 Å². The smallest absolute Gasteiger partial charge is 0.169 e. The van der Waals surface area contributed by atoms with Crippen molar-refractivity contribution in [1.82, 2.24) is 0 Å². The van der Waals surface area contributed by atoms with Gasteiger partial charge in [-0.25, -0.2) is 4.57 Å². The second-order valence-electron chi connectivity index (χ2n) is 7.03. The van der Waals surface area contributed by atoms with Crippen molar-refractivity contribution in [3.05, 3.63) is 59.9 Å². The Morgan fingerprint density at radius 2 is 1.75 bits per heavy atom. The normalized spacial score (nSPS) is 11.9. The van der Waals surface area contributed by atoms with E-state index in [4.69, 9.17) is 4.74 Å². The molecule has 0 aliphatic carbocycles. The van der Waals surface area contributed by atoms with Gasteiger partial charge in [-0.2, -0.15) is 0 Å². The number of methoxy groups -OCH3 is 1.